The van der Waals surface area contributed by atoms with Gasteiger partial charge in [-0.15, -0.1) is 0 Å². The fourth-order valence-electron chi connectivity index (χ4n) is 2.19. The molecule has 0 rings (SSSR count). The maximum absolute atomic E-state index is 10.5. The zero-order valence-corrected chi connectivity index (χ0v) is 12.2. The number of carbonyl (C=O) groups excluding carboxylic acids is 2. The van der Waals surface area contributed by atoms with E-state index in [4.69, 9.17) is 11.5 Å². The van der Waals surface area contributed by atoms with E-state index >= 15 is 0 Å². The second-order valence-electron chi connectivity index (χ2n) is 5.32. The molecule has 0 aliphatic heterocycles. The van der Waals surface area contributed by atoms with Crippen molar-refractivity contribution >= 4 is 11.8 Å². The molecule has 4 nitrogen and oxygen atoms in total. The maximum atomic E-state index is 10.5. The van der Waals surface area contributed by atoms with Crippen LogP contribution in [0.15, 0.2) is 0 Å². The van der Waals surface area contributed by atoms with Gasteiger partial charge < -0.3 is 11.5 Å². The highest BCUT2D eigenvalue weighted by Crippen LogP contribution is 2.12. The van der Waals surface area contributed by atoms with Crippen LogP contribution in [0.1, 0.15) is 83.5 Å². The molecular weight excluding hydrogens is 240 g/mol. The SMILES string of the molecule is NC(=O)CCCCCCCCCCCCCC(N)=O. The van der Waals surface area contributed by atoms with Gasteiger partial charge in [-0.1, -0.05) is 57.8 Å². The molecule has 0 aliphatic rings. The molecule has 0 aromatic rings. The topological polar surface area (TPSA) is 86.2 Å². The molecule has 0 atom stereocenters. The first-order chi connectivity index (χ1) is 9.13. The lowest BCUT2D eigenvalue weighted by atomic mass is 10.0. The van der Waals surface area contributed by atoms with Crippen molar-refractivity contribution in [2.45, 2.75) is 83.5 Å². The van der Waals surface area contributed by atoms with Crippen LogP contribution in [-0.4, -0.2) is 11.8 Å². The number of hydrogen-bond acceptors (Lipinski definition) is 2. The Balaban J connectivity index is 2.99. The fourth-order valence-corrected chi connectivity index (χ4v) is 2.19. The van der Waals surface area contributed by atoms with Crippen molar-refractivity contribution in [1.29, 1.82) is 0 Å². The maximum Gasteiger partial charge on any atom is 0.217 e. The summed E-state index contributed by atoms with van der Waals surface area (Å²) in [7, 11) is 0. The highest BCUT2D eigenvalue weighted by molar-refractivity contribution is 5.73. The van der Waals surface area contributed by atoms with Crippen LogP contribution in [-0.2, 0) is 9.59 Å². The Kier molecular flexibility index (Phi) is 12.6. The minimum atomic E-state index is -0.184. The summed E-state index contributed by atoms with van der Waals surface area (Å²) in [6.07, 6.45) is 14.0. The van der Waals surface area contributed by atoms with E-state index in [-0.39, 0.29) is 11.8 Å². The molecule has 0 aliphatic carbocycles. The molecule has 4 heteroatoms. The van der Waals surface area contributed by atoms with Crippen LogP contribution < -0.4 is 11.5 Å². The van der Waals surface area contributed by atoms with Crippen molar-refractivity contribution in [2.24, 2.45) is 11.5 Å². The third-order valence-corrected chi connectivity index (χ3v) is 3.35. The van der Waals surface area contributed by atoms with Crippen LogP contribution >= 0.6 is 0 Å². The second-order valence-corrected chi connectivity index (χ2v) is 5.32. The second kappa shape index (κ2) is 13.4. The molecule has 112 valence electrons. The molecule has 0 bridgehead atoms. The molecule has 19 heavy (non-hydrogen) atoms. The number of hydrogen-bond donors (Lipinski definition) is 2. The standard InChI is InChI=1S/C15H30N2O2/c16-14(18)12-10-8-6-4-2-1-3-5-7-9-11-13-15(17)19/h1-13H2,(H2,16,18)(H2,17,19). The number of unbranched alkanes of at least 4 members (excludes halogenated alkanes) is 10. The van der Waals surface area contributed by atoms with Crippen LogP contribution in [0.5, 0.6) is 0 Å². The molecule has 0 radical (unpaired) electrons. The van der Waals surface area contributed by atoms with Gasteiger partial charge in [-0.05, 0) is 12.8 Å². The average Bonchev–Trinajstić information content (AvgIpc) is 2.34. The van der Waals surface area contributed by atoms with Gasteiger partial charge in [0.25, 0.3) is 0 Å². The zero-order valence-electron chi connectivity index (χ0n) is 12.2. The van der Waals surface area contributed by atoms with Crippen LogP contribution in [0, 0.1) is 0 Å². The van der Waals surface area contributed by atoms with Gasteiger partial charge in [-0.2, -0.15) is 0 Å². The van der Waals surface area contributed by atoms with E-state index in [2.05, 4.69) is 0 Å². The van der Waals surface area contributed by atoms with Crippen LogP contribution in [0.3, 0.4) is 0 Å². The third-order valence-electron chi connectivity index (χ3n) is 3.35. The predicted octanol–water partition coefficient (Wildman–Crippen LogP) is 3.03. The predicted molar refractivity (Wildman–Crippen MR) is 78.4 cm³/mol. The molecule has 4 N–H and O–H groups in total. The fraction of sp³-hybridized carbons (Fsp3) is 0.867. The summed E-state index contributed by atoms with van der Waals surface area (Å²) in [5.41, 5.74) is 10.1. The Morgan fingerprint density at radius 3 is 0.895 bits per heavy atom. The third kappa shape index (κ3) is 16.9. The summed E-state index contributed by atoms with van der Waals surface area (Å²) in [5, 5.41) is 0. The van der Waals surface area contributed by atoms with E-state index in [0.717, 1.165) is 25.7 Å². The van der Waals surface area contributed by atoms with Gasteiger partial charge in [0.2, 0.25) is 11.8 Å². The minimum absolute atomic E-state index is 0.184. The van der Waals surface area contributed by atoms with Gasteiger partial charge in [0.15, 0.2) is 0 Å². The molecule has 0 unspecified atom stereocenters. The highest BCUT2D eigenvalue weighted by atomic mass is 16.1. The van der Waals surface area contributed by atoms with E-state index in [1.165, 1.54) is 44.9 Å². The Labute approximate surface area is 117 Å². The lowest BCUT2D eigenvalue weighted by Gasteiger charge is -2.02. The molecule has 0 aromatic heterocycles. The van der Waals surface area contributed by atoms with Crippen molar-refractivity contribution in [3.05, 3.63) is 0 Å². The summed E-state index contributed by atoms with van der Waals surface area (Å²) < 4.78 is 0. The van der Waals surface area contributed by atoms with Gasteiger partial charge >= 0.3 is 0 Å². The Morgan fingerprint density at radius 1 is 0.474 bits per heavy atom. The molecule has 2 amide bonds. The van der Waals surface area contributed by atoms with Crippen LogP contribution in [0.2, 0.25) is 0 Å². The molecule has 0 saturated carbocycles. The van der Waals surface area contributed by atoms with E-state index in [9.17, 15) is 9.59 Å². The number of amides is 2. The molecule has 0 heterocycles. The molecule has 0 saturated heterocycles. The van der Waals surface area contributed by atoms with Gasteiger partial charge in [0.1, 0.15) is 0 Å². The Morgan fingerprint density at radius 2 is 0.684 bits per heavy atom. The van der Waals surface area contributed by atoms with Gasteiger partial charge in [-0.3, -0.25) is 9.59 Å². The largest absolute Gasteiger partial charge is 0.370 e. The van der Waals surface area contributed by atoms with Crippen molar-refractivity contribution in [3.63, 3.8) is 0 Å². The Bertz CT molecular complexity index is 218. The van der Waals surface area contributed by atoms with Gasteiger partial charge in [0, 0.05) is 12.8 Å². The summed E-state index contributed by atoms with van der Waals surface area (Å²) in [5.74, 6) is -0.368. The Hall–Kier alpha value is -1.06. The lowest BCUT2D eigenvalue weighted by Crippen LogP contribution is -2.09. The number of nitrogens with two attached hydrogens (primary N) is 2. The molecule has 0 fully saturated rings. The summed E-state index contributed by atoms with van der Waals surface area (Å²) in [4.78, 5) is 21.0. The average molecular weight is 270 g/mol. The normalized spacial score (nSPS) is 10.5. The molecule has 0 aromatic carbocycles. The smallest absolute Gasteiger partial charge is 0.217 e. The quantitative estimate of drug-likeness (QED) is 0.475. The first-order valence-corrected chi connectivity index (χ1v) is 7.69. The van der Waals surface area contributed by atoms with Crippen molar-refractivity contribution < 1.29 is 9.59 Å². The van der Waals surface area contributed by atoms with E-state index in [1.807, 2.05) is 0 Å². The van der Waals surface area contributed by atoms with Crippen LogP contribution in [0.25, 0.3) is 0 Å². The number of rotatable bonds is 14. The van der Waals surface area contributed by atoms with Gasteiger partial charge in [-0.25, -0.2) is 0 Å². The first-order valence-electron chi connectivity index (χ1n) is 7.69. The van der Waals surface area contributed by atoms with Crippen molar-refractivity contribution in [3.8, 4) is 0 Å². The number of primary amides is 2. The van der Waals surface area contributed by atoms with Gasteiger partial charge in [0.05, 0.1) is 0 Å². The monoisotopic (exact) mass is 270 g/mol. The van der Waals surface area contributed by atoms with E-state index < -0.39 is 0 Å². The lowest BCUT2D eigenvalue weighted by molar-refractivity contribution is -0.119. The zero-order chi connectivity index (χ0) is 14.3. The van der Waals surface area contributed by atoms with E-state index in [0.29, 0.717) is 12.8 Å². The molecular formula is C15H30N2O2. The number of carbonyl (C=O) groups is 2. The summed E-state index contributed by atoms with van der Waals surface area (Å²) >= 11 is 0. The summed E-state index contributed by atoms with van der Waals surface area (Å²) in [6.45, 7) is 0. The van der Waals surface area contributed by atoms with Crippen LogP contribution in [0.4, 0.5) is 0 Å². The van der Waals surface area contributed by atoms with Crippen molar-refractivity contribution in [2.75, 3.05) is 0 Å². The first kappa shape index (κ1) is 17.9. The highest BCUT2D eigenvalue weighted by Gasteiger charge is 1.96. The van der Waals surface area contributed by atoms with Crippen molar-refractivity contribution in [1.82, 2.24) is 0 Å². The van der Waals surface area contributed by atoms with E-state index in [1.54, 1.807) is 0 Å². The summed E-state index contributed by atoms with van der Waals surface area (Å²) in [6, 6.07) is 0. The molecule has 0 spiro atoms. The minimum Gasteiger partial charge on any atom is -0.370 e.